The minimum absolute atomic E-state index is 0.130. The number of aliphatic hydroxyl groups excluding tert-OH is 4. The van der Waals surface area contributed by atoms with Crippen LogP contribution in [0.1, 0.15) is 40.5 Å². The first-order valence-electron chi connectivity index (χ1n) is 18.9. The van der Waals surface area contributed by atoms with Gasteiger partial charge in [-0.15, -0.1) is 0 Å². The molecular formula is C39H53NO16. The van der Waals surface area contributed by atoms with E-state index in [9.17, 15) is 39.6 Å². The Morgan fingerprint density at radius 2 is 1.57 bits per heavy atom. The number of rotatable bonds is 7. The molecule has 5 fully saturated rings. The standard InChI is InChI=1S/C39H53NO16/c1-14-37(2,51-9)38(3,52-10)36(50-8)39(4,55-14)56-20-13-19(42)21(34(48)49-7)15-11-16-23(28(44)22(15)20)29(45)24-18(41)12-17-32(25(24)27(16)43)53-35-31(47)26(40(5)6)30(46)33(17)54-35/h12,14-16,19-22,26,30-33,35-36,42,45-47H,11,13H2,1-10H3/t14-,15?,16?,19?,20?,21-,22?,26+,30-,31+,32?,33?,35?,36+,37?,38?,39?/m0/s1. The van der Waals surface area contributed by atoms with E-state index in [1.54, 1.807) is 39.8 Å². The Hall–Kier alpha value is -2.94. The molecule has 0 aromatic carbocycles. The molecule has 0 spiro atoms. The Morgan fingerprint density at radius 1 is 0.911 bits per heavy atom. The largest absolute Gasteiger partial charge is 0.507 e. The van der Waals surface area contributed by atoms with Crippen molar-refractivity contribution in [2.45, 2.75) is 119 Å². The smallest absolute Gasteiger partial charge is 0.311 e. The highest BCUT2D eigenvalue weighted by atomic mass is 16.7. The molecular weight excluding hydrogens is 738 g/mol. The van der Waals surface area contributed by atoms with Crippen molar-refractivity contribution in [2.24, 2.45) is 23.7 Å². The molecule has 7 rings (SSSR count). The number of methoxy groups -OCH3 is 4. The third-order valence-corrected chi connectivity index (χ3v) is 13.9. The van der Waals surface area contributed by atoms with Crippen LogP contribution >= 0.6 is 0 Å². The van der Waals surface area contributed by atoms with Crippen LogP contribution in [0.5, 0.6) is 0 Å². The molecule has 56 heavy (non-hydrogen) atoms. The molecule has 2 saturated carbocycles. The second-order valence-corrected chi connectivity index (χ2v) is 16.7. The van der Waals surface area contributed by atoms with Crippen LogP contribution in [0.25, 0.3) is 0 Å². The van der Waals surface area contributed by atoms with Crippen LogP contribution in [-0.4, -0.2) is 169 Å². The predicted molar refractivity (Wildman–Crippen MR) is 189 cm³/mol. The molecule has 0 radical (unpaired) electrons. The van der Waals surface area contributed by atoms with Crippen molar-refractivity contribution in [2.75, 3.05) is 42.5 Å². The van der Waals surface area contributed by atoms with E-state index in [2.05, 4.69) is 0 Å². The zero-order valence-corrected chi connectivity index (χ0v) is 33.2. The number of hydrogen-bond donors (Lipinski definition) is 4. The second-order valence-electron chi connectivity index (χ2n) is 16.7. The van der Waals surface area contributed by atoms with Crippen molar-refractivity contribution in [3.63, 3.8) is 0 Å². The van der Waals surface area contributed by atoms with E-state index >= 15 is 0 Å². The van der Waals surface area contributed by atoms with Gasteiger partial charge in [0.1, 0.15) is 47.5 Å². The van der Waals surface area contributed by atoms with Gasteiger partial charge in [0.05, 0.1) is 54.8 Å². The monoisotopic (exact) mass is 791 g/mol. The van der Waals surface area contributed by atoms with Crippen molar-refractivity contribution in [1.29, 1.82) is 0 Å². The van der Waals surface area contributed by atoms with Gasteiger partial charge in [0.25, 0.3) is 0 Å². The number of fused-ring (bicyclic) bond motifs is 7. The number of carbonyl (C=O) groups excluding carboxylic acids is 4. The summed E-state index contributed by atoms with van der Waals surface area (Å²) >= 11 is 0. The summed E-state index contributed by atoms with van der Waals surface area (Å²) in [7, 11) is 8.94. The zero-order chi connectivity index (χ0) is 41.1. The number of hydrogen-bond acceptors (Lipinski definition) is 17. The second kappa shape index (κ2) is 14.1. The van der Waals surface area contributed by atoms with Gasteiger partial charge in [-0.1, -0.05) is 0 Å². The topological polar surface area (TPSA) is 226 Å². The average molecular weight is 792 g/mol. The quantitative estimate of drug-likeness (QED) is 0.243. The predicted octanol–water partition coefficient (Wildman–Crippen LogP) is -0.317. The normalized spacial score (nSPS) is 47.5. The molecule has 7 aliphatic rings. The minimum Gasteiger partial charge on any atom is -0.507 e. The van der Waals surface area contributed by atoms with Gasteiger partial charge in [-0.2, -0.15) is 0 Å². The van der Waals surface area contributed by atoms with E-state index in [4.69, 9.17) is 37.9 Å². The molecule has 4 aliphatic carbocycles. The van der Waals surface area contributed by atoms with E-state index in [0.717, 1.165) is 13.2 Å². The van der Waals surface area contributed by atoms with E-state index in [1.807, 2.05) is 6.92 Å². The van der Waals surface area contributed by atoms with Crippen molar-refractivity contribution >= 4 is 23.3 Å². The Morgan fingerprint density at radius 3 is 2.16 bits per heavy atom. The molecule has 4 N–H and O–H groups in total. The third-order valence-electron chi connectivity index (χ3n) is 13.9. The summed E-state index contributed by atoms with van der Waals surface area (Å²) in [5.74, 6) is -10.4. The van der Waals surface area contributed by atoms with Crippen LogP contribution in [-0.2, 0) is 57.1 Å². The van der Waals surface area contributed by atoms with Crippen LogP contribution in [0, 0.1) is 23.7 Å². The van der Waals surface area contributed by atoms with Crippen LogP contribution < -0.4 is 0 Å². The highest BCUT2D eigenvalue weighted by Gasteiger charge is 2.68. The Labute approximate surface area is 324 Å². The number of aliphatic hydroxyl groups is 4. The van der Waals surface area contributed by atoms with Gasteiger partial charge in [0.15, 0.2) is 29.4 Å². The van der Waals surface area contributed by atoms with Crippen LogP contribution in [0.4, 0.5) is 0 Å². The summed E-state index contributed by atoms with van der Waals surface area (Å²) in [6, 6.07) is -0.833. The fourth-order valence-electron chi connectivity index (χ4n) is 10.9. The van der Waals surface area contributed by atoms with Gasteiger partial charge in [0, 0.05) is 38.9 Å². The average Bonchev–Trinajstić information content (AvgIpc) is 3.14. The van der Waals surface area contributed by atoms with Crippen LogP contribution in [0.15, 0.2) is 34.1 Å². The molecule has 17 atom stereocenters. The number of allylic oxidation sites excluding steroid dienone is 3. The van der Waals surface area contributed by atoms with Crippen LogP contribution in [0.2, 0.25) is 0 Å². The zero-order valence-electron chi connectivity index (χ0n) is 33.2. The molecule has 0 amide bonds. The Balaban J connectivity index is 1.30. The van der Waals surface area contributed by atoms with Crippen LogP contribution in [0.3, 0.4) is 0 Å². The first-order valence-corrected chi connectivity index (χ1v) is 18.9. The maximum absolute atomic E-state index is 15.0. The highest BCUT2D eigenvalue weighted by Crippen LogP contribution is 2.55. The molecule has 3 aliphatic heterocycles. The lowest BCUT2D eigenvalue weighted by atomic mass is 9.56. The summed E-state index contributed by atoms with van der Waals surface area (Å²) in [5.41, 5.74) is -3.11. The summed E-state index contributed by atoms with van der Waals surface area (Å²) in [6.45, 7) is 6.99. The fraction of sp³-hybridized carbons (Fsp3) is 0.744. The Bertz CT molecular complexity index is 1790. The molecule has 2 bridgehead atoms. The number of Topliss-reactive ketones (excluding diaryl/α,β-unsaturated/α-hetero) is 2. The van der Waals surface area contributed by atoms with Gasteiger partial charge in [-0.05, 0) is 65.8 Å². The van der Waals surface area contributed by atoms with Gasteiger partial charge < -0.3 is 63.2 Å². The molecule has 3 heterocycles. The van der Waals surface area contributed by atoms with E-state index in [0.29, 0.717) is 0 Å². The maximum Gasteiger partial charge on any atom is 0.311 e. The van der Waals surface area contributed by atoms with Gasteiger partial charge in [0.2, 0.25) is 0 Å². The highest BCUT2D eigenvalue weighted by molar-refractivity contribution is 6.22. The van der Waals surface area contributed by atoms with E-state index < -0.39 is 136 Å². The number of likely N-dealkylation sites (N-methyl/N-ethyl adjacent to an activating group) is 1. The van der Waals surface area contributed by atoms with Crippen molar-refractivity contribution in [1.82, 2.24) is 4.90 Å². The van der Waals surface area contributed by atoms with Gasteiger partial charge >= 0.3 is 5.97 Å². The lowest BCUT2D eigenvalue weighted by Gasteiger charge is -2.61. The molecule has 0 aromatic rings. The molecule has 310 valence electrons. The van der Waals surface area contributed by atoms with Crippen molar-refractivity contribution in [3.8, 4) is 0 Å². The number of ketones is 3. The Kier molecular flexibility index (Phi) is 10.4. The summed E-state index contributed by atoms with van der Waals surface area (Å²) in [4.78, 5) is 58.6. The summed E-state index contributed by atoms with van der Waals surface area (Å²) in [5, 5.41) is 45.9. The van der Waals surface area contributed by atoms with E-state index in [-0.39, 0.29) is 29.6 Å². The van der Waals surface area contributed by atoms with E-state index in [1.165, 1.54) is 21.3 Å². The fourth-order valence-corrected chi connectivity index (χ4v) is 10.9. The first-order chi connectivity index (χ1) is 26.3. The lowest BCUT2D eigenvalue weighted by molar-refractivity contribution is -0.415. The van der Waals surface area contributed by atoms with Gasteiger partial charge in [-0.25, -0.2) is 0 Å². The first kappa shape index (κ1) is 41.2. The number of ether oxygens (including phenoxy) is 8. The minimum atomic E-state index is -1.64. The molecule has 0 aromatic heterocycles. The summed E-state index contributed by atoms with van der Waals surface area (Å²) in [6.07, 6.45) is -9.98. The summed E-state index contributed by atoms with van der Waals surface area (Å²) < 4.78 is 48.3. The SMILES string of the molecule is COC(=O)[C@@H]1C(O)CC(OC2(C)O[C@@H](C)C(C)(OC)C(C)(OC)[C@H]2OC)C2C(=O)C3=C(O)C4=C(C(=O)C3CC21)C1OC2OC(C1=CC4=O)[C@@H](O)[C@@H](N(C)C)[C@H]2O. The number of esters is 1. The molecule has 11 unspecified atom stereocenters. The lowest BCUT2D eigenvalue weighted by Crippen LogP contribution is -2.77. The van der Waals surface area contributed by atoms with Crippen molar-refractivity contribution in [3.05, 3.63) is 34.1 Å². The third kappa shape index (κ3) is 5.53. The molecule has 3 saturated heterocycles. The molecule has 17 nitrogen and oxygen atoms in total. The maximum atomic E-state index is 15.0. The number of carbonyl (C=O) groups is 4. The molecule has 17 heteroatoms. The van der Waals surface area contributed by atoms with Gasteiger partial charge in [-0.3, -0.25) is 19.2 Å². The van der Waals surface area contributed by atoms with Crippen molar-refractivity contribution < 1.29 is 77.5 Å². The number of nitrogens with zero attached hydrogens (tertiary/aromatic N) is 1.